The van der Waals surface area contributed by atoms with E-state index in [1.54, 1.807) is 5.38 Å². The second-order valence-corrected chi connectivity index (χ2v) is 3.48. The summed E-state index contributed by atoms with van der Waals surface area (Å²) in [6, 6.07) is 0. The highest BCUT2D eigenvalue weighted by atomic mass is 35.5. The Labute approximate surface area is 74.8 Å². The van der Waals surface area contributed by atoms with E-state index in [0.717, 1.165) is 0 Å². The predicted octanol–water partition coefficient (Wildman–Crippen LogP) is 0.931. The summed E-state index contributed by atoms with van der Waals surface area (Å²) in [5.74, 6) is 0. The molecule has 2 rings (SSSR count). The van der Waals surface area contributed by atoms with Gasteiger partial charge in [0.2, 0.25) is 0 Å². The molecule has 0 aliphatic carbocycles. The summed E-state index contributed by atoms with van der Waals surface area (Å²) in [5.41, 5.74) is -0.520. The van der Waals surface area contributed by atoms with Gasteiger partial charge in [-0.1, -0.05) is 11.6 Å². The molecular formula is C6H3ClN2O2S. The molecule has 4 nitrogen and oxygen atoms in total. The number of halogens is 1. The Morgan fingerprint density at radius 3 is 2.83 bits per heavy atom. The molecule has 0 saturated heterocycles. The quantitative estimate of drug-likeness (QED) is 0.668. The molecule has 2 aromatic rings. The maximum absolute atomic E-state index is 11.1. The molecule has 2 N–H and O–H groups in total. The van der Waals surface area contributed by atoms with Crippen LogP contribution in [0.3, 0.4) is 0 Å². The molecule has 62 valence electrons. The van der Waals surface area contributed by atoms with Crippen molar-refractivity contribution in [3.8, 4) is 0 Å². The molecule has 0 fully saturated rings. The highest BCUT2D eigenvalue weighted by Gasteiger charge is 2.05. The van der Waals surface area contributed by atoms with Crippen LogP contribution >= 0.6 is 22.9 Å². The molecule has 0 aromatic carbocycles. The zero-order chi connectivity index (χ0) is 8.72. The molecule has 12 heavy (non-hydrogen) atoms. The van der Waals surface area contributed by atoms with Crippen molar-refractivity contribution in [3.63, 3.8) is 0 Å². The molecule has 0 unspecified atom stereocenters. The maximum atomic E-state index is 11.1. The van der Waals surface area contributed by atoms with Gasteiger partial charge in [0.05, 0.1) is 10.5 Å². The highest BCUT2D eigenvalue weighted by molar-refractivity contribution is 7.17. The van der Waals surface area contributed by atoms with Crippen LogP contribution in [0.5, 0.6) is 0 Å². The van der Waals surface area contributed by atoms with Gasteiger partial charge in [-0.3, -0.25) is 9.78 Å². The summed E-state index contributed by atoms with van der Waals surface area (Å²) >= 11 is 6.91. The Balaban J connectivity index is 3.13. The lowest BCUT2D eigenvalue weighted by Gasteiger charge is -1.86. The monoisotopic (exact) mass is 202 g/mol. The molecule has 0 atom stereocenters. The predicted molar refractivity (Wildman–Crippen MR) is 48.1 cm³/mol. The molecule has 6 heteroatoms. The number of thiophene rings is 1. The smallest absolute Gasteiger partial charge is 0.305 e. The first kappa shape index (κ1) is 7.57. The van der Waals surface area contributed by atoms with Crippen molar-refractivity contribution in [1.29, 1.82) is 0 Å². The van der Waals surface area contributed by atoms with Gasteiger partial charge in [0.1, 0.15) is 4.70 Å². The minimum Gasteiger partial charge on any atom is -0.305 e. The van der Waals surface area contributed by atoms with Gasteiger partial charge in [-0.15, -0.1) is 11.3 Å². The molecular weight excluding hydrogens is 200 g/mol. The number of hydrogen-bond donors (Lipinski definition) is 2. The van der Waals surface area contributed by atoms with Crippen LogP contribution in [0, 0.1) is 0 Å². The van der Waals surface area contributed by atoms with Crippen LogP contribution in [-0.2, 0) is 0 Å². The summed E-state index contributed by atoms with van der Waals surface area (Å²) < 4.78 is 0.444. The van der Waals surface area contributed by atoms with Crippen molar-refractivity contribution in [2.75, 3.05) is 0 Å². The van der Waals surface area contributed by atoms with Crippen molar-refractivity contribution in [1.82, 2.24) is 9.97 Å². The second-order valence-electron chi connectivity index (χ2n) is 2.20. The fraction of sp³-hybridized carbons (Fsp3) is 0. The standard InChI is InChI=1S/C6H3ClN2O2S/c7-2-1-12-4-3(2)8-6(11)9-5(4)10/h1H,(H2,8,9,10,11). The lowest BCUT2D eigenvalue weighted by Crippen LogP contribution is -2.20. The van der Waals surface area contributed by atoms with Gasteiger partial charge in [0.25, 0.3) is 5.56 Å². The van der Waals surface area contributed by atoms with Gasteiger partial charge in [0.15, 0.2) is 0 Å². The zero-order valence-electron chi connectivity index (χ0n) is 5.68. The van der Waals surface area contributed by atoms with Gasteiger partial charge in [-0.2, -0.15) is 0 Å². The van der Waals surface area contributed by atoms with E-state index in [0.29, 0.717) is 15.2 Å². The summed E-state index contributed by atoms with van der Waals surface area (Å²) in [7, 11) is 0. The van der Waals surface area contributed by atoms with Crippen LogP contribution in [0.15, 0.2) is 15.0 Å². The Morgan fingerprint density at radius 1 is 1.33 bits per heavy atom. The van der Waals surface area contributed by atoms with E-state index in [4.69, 9.17) is 11.6 Å². The number of rotatable bonds is 0. The van der Waals surface area contributed by atoms with E-state index in [9.17, 15) is 9.59 Å². The van der Waals surface area contributed by atoms with Crippen LogP contribution in [0.2, 0.25) is 5.02 Å². The molecule has 0 bridgehead atoms. The largest absolute Gasteiger partial charge is 0.326 e. The van der Waals surface area contributed by atoms with Crippen molar-refractivity contribution in [2.24, 2.45) is 0 Å². The lowest BCUT2D eigenvalue weighted by atomic mass is 10.5. The Bertz CT molecular complexity index is 538. The summed E-state index contributed by atoms with van der Waals surface area (Å²) in [5, 5.41) is 2.01. The van der Waals surface area contributed by atoms with E-state index in [1.807, 2.05) is 0 Å². The average Bonchev–Trinajstić information content (AvgIpc) is 2.33. The number of fused-ring (bicyclic) bond motifs is 1. The Kier molecular flexibility index (Phi) is 1.55. The van der Waals surface area contributed by atoms with Gasteiger partial charge in [0, 0.05) is 5.38 Å². The minimum atomic E-state index is -0.534. The van der Waals surface area contributed by atoms with Crippen molar-refractivity contribution in [2.45, 2.75) is 0 Å². The van der Waals surface area contributed by atoms with Crippen LogP contribution in [0.25, 0.3) is 10.2 Å². The first-order valence-corrected chi connectivity index (χ1v) is 4.33. The SMILES string of the molecule is O=c1[nH]c(=O)c2scc(Cl)c2[nH]1. The highest BCUT2D eigenvalue weighted by Crippen LogP contribution is 2.23. The Hall–Kier alpha value is -1.07. The molecule has 0 aliphatic heterocycles. The topological polar surface area (TPSA) is 65.7 Å². The van der Waals surface area contributed by atoms with E-state index in [1.165, 1.54) is 11.3 Å². The number of hydrogen-bond acceptors (Lipinski definition) is 3. The molecule has 0 amide bonds. The molecule has 0 aliphatic rings. The van der Waals surface area contributed by atoms with E-state index >= 15 is 0 Å². The molecule has 2 aromatic heterocycles. The zero-order valence-corrected chi connectivity index (χ0v) is 7.25. The number of H-pyrrole nitrogens is 2. The van der Waals surface area contributed by atoms with Crippen LogP contribution in [-0.4, -0.2) is 9.97 Å². The number of aromatic nitrogens is 2. The Morgan fingerprint density at radius 2 is 2.08 bits per heavy atom. The van der Waals surface area contributed by atoms with Crippen LogP contribution in [0.1, 0.15) is 0 Å². The molecule has 0 saturated carbocycles. The third-order valence-electron chi connectivity index (χ3n) is 1.42. The third-order valence-corrected chi connectivity index (χ3v) is 2.82. The minimum absolute atomic E-state index is 0.398. The van der Waals surface area contributed by atoms with Crippen molar-refractivity contribution in [3.05, 3.63) is 31.2 Å². The fourth-order valence-corrected chi connectivity index (χ4v) is 2.03. The van der Waals surface area contributed by atoms with Gasteiger partial charge < -0.3 is 4.98 Å². The summed E-state index contributed by atoms with van der Waals surface area (Å²) in [6.45, 7) is 0. The number of nitrogens with one attached hydrogen (secondary N) is 2. The second kappa shape index (κ2) is 2.46. The van der Waals surface area contributed by atoms with E-state index in [-0.39, 0.29) is 0 Å². The van der Waals surface area contributed by atoms with E-state index in [2.05, 4.69) is 9.97 Å². The van der Waals surface area contributed by atoms with E-state index < -0.39 is 11.2 Å². The molecule has 2 heterocycles. The van der Waals surface area contributed by atoms with Gasteiger partial charge in [-0.25, -0.2) is 4.79 Å². The van der Waals surface area contributed by atoms with Gasteiger partial charge >= 0.3 is 5.69 Å². The van der Waals surface area contributed by atoms with Crippen molar-refractivity contribution < 1.29 is 0 Å². The normalized spacial score (nSPS) is 10.8. The average molecular weight is 203 g/mol. The third kappa shape index (κ3) is 0.981. The summed E-state index contributed by atoms with van der Waals surface area (Å²) in [4.78, 5) is 26.4. The first-order valence-electron chi connectivity index (χ1n) is 3.08. The van der Waals surface area contributed by atoms with Crippen LogP contribution < -0.4 is 11.2 Å². The van der Waals surface area contributed by atoms with Crippen molar-refractivity contribution >= 4 is 33.2 Å². The summed E-state index contributed by atoms with van der Waals surface area (Å²) in [6.07, 6.45) is 0. The number of aromatic amines is 2. The molecule has 0 radical (unpaired) electrons. The van der Waals surface area contributed by atoms with Gasteiger partial charge in [-0.05, 0) is 0 Å². The molecule has 0 spiro atoms. The van der Waals surface area contributed by atoms with Crippen LogP contribution in [0.4, 0.5) is 0 Å². The first-order chi connectivity index (χ1) is 5.68. The fourth-order valence-electron chi connectivity index (χ4n) is 0.925. The lowest BCUT2D eigenvalue weighted by molar-refractivity contribution is 1.09. The maximum Gasteiger partial charge on any atom is 0.326 e.